The summed E-state index contributed by atoms with van der Waals surface area (Å²) in [6.07, 6.45) is 0. The SMILES string of the molecule is CN1CCN=C1NCCS(=O)C(C)(C)C. The summed E-state index contributed by atoms with van der Waals surface area (Å²) >= 11 is 0. The molecule has 0 bridgehead atoms. The van der Waals surface area contributed by atoms with Crippen molar-refractivity contribution in [2.45, 2.75) is 25.5 Å². The van der Waals surface area contributed by atoms with Gasteiger partial charge in [-0.2, -0.15) is 0 Å². The molecule has 1 rings (SSSR count). The molecule has 0 aliphatic carbocycles. The second-order valence-corrected chi connectivity index (χ2v) is 7.04. The topological polar surface area (TPSA) is 44.7 Å². The zero-order valence-corrected chi connectivity index (χ0v) is 10.9. The van der Waals surface area contributed by atoms with Crippen molar-refractivity contribution in [3.8, 4) is 0 Å². The first-order chi connectivity index (χ1) is 6.91. The molecule has 0 saturated carbocycles. The molecule has 1 atom stereocenters. The van der Waals surface area contributed by atoms with E-state index in [9.17, 15) is 4.21 Å². The van der Waals surface area contributed by atoms with Crippen LogP contribution in [-0.4, -0.2) is 52.3 Å². The van der Waals surface area contributed by atoms with Crippen LogP contribution in [0.5, 0.6) is 0 Å². The summed E-state index contributed by atoms with van der Waals surface area (Å²) in [7, 11) is 1.23. The van der Waals surface area contributed by atoms with E-state index in [-0.39, 0.29) is 4.75 Å². The third-order valence-electron chi connectivity index (χ3n) is 2.31. The van der Waals surface area contributed by atoms with Gasteiger partial charge in [0, 0.05) is 41.4 Å². The zero-order chi connectivity index (χ0) is 11.5. The minimum atomic E-state index is -0.785. The normalized spacial score (nSPS) is 18.9. The molecule has 0 saturated heterocycles. The van der Waals surface area contributed by atoms with Gasteiger partial charge < -0.3 is 10.2 Å². The second kappa shape index (κ2) is 4.96. The van der Waals surface area contributed by atoms with Gasteiger partial charge in [0.2, 0.25) is 0 Å². The largest absolute Gasteiger partial charge is 0.355 e. The number of likely N-dealkylation sites (N-methyl/N-ethyl adjacent to an activating group) is 1. The van der Waals surface area contributed by atoms with Crippen LogP contribution in [0.3, 0.4) is 0 Å². The molecule has 1 aliphatic rings. The monoisotopic (exact) mass is 231 g/mol. The molecule has 88 valence electrons. The van der Waals surface area contributed by atoms with Crippen LogP contribution < -0.4 is 5.32 Å². The number of hydrogen-bond acceptors (Lipinski definition) is 4. The Labute approximate surface area is 94.6 Å². The van der Waals surface area contributed by atoms with Crippen LogP contribution >= 0.6 is 0 Å². The molecule has 1 aliphatic heterocycles. The van der Waals surface area contributed by atoms with Gasteiger partial charge in [-0.3, -0.25) is 9.20 Å². The molecule has 1 unspecified atom stereocenters. The molecule has 0 aromatic rings. The Balaban J connectivity index is 2.25. The molecule has 0 amide bonds. The van der Waals surface area contributed by atoms with Crippen LogP contribution in [0.1, 0.15) is 20.8 Å². The first-order valence-electron chi connectivity index (χ1n) is 5.29. The van der Waals surface area contributed by atoms with Gasteiger partial charge in [0.15, 0.2) is 5.96 Å². The Morgan fingerprint density at radius 3 is 2.67 bits per heavy atom. The lowest BCUT2D eigenvalue weighted by atomic mass is 10.3. The molecule has 1 heterocycles. The van der Waals surface area contributed by atoms with E-state index in [1.807, 2.05) is 27.8 Å². The third-order valence-corrected chi connectivity index (χ3v) is 4.25. The smallest absolute Gasteiger partial charge is 0.193 e. The number of hydrogen-bond donors (Lipinski definition) is 1. The van der Waals surface area contributed by atoms with Crippen LogP contribution in [0.4, 0.5) is 0 Å². The van der Waals surface area contributed by atoms with E-state index in [1.165, 1.54) is 0 Å². The van der Waals surface area contributed by atoms with Gasteiger partial charge >= 0.3 is 0 Å². The summed E-state index contributed by atoms with van der Waals surface area (Å²) in [6.45, 7) is 8.58. The maximum Gasteiger partial charge on any atom is 0.193 e. The average Bonchev–Trinajstić information content (AvgIpc) is 2.50. The van der Waals surface area contributed by atoms with Crippen molar-refractivity contribution in [2.75, 3.05) is 32.4 Å². The zero-order valence-electron chi connectivity index (χ0n) is 10.0. The minimum Gasteiger partial charge on any atom is -0.355 e. The summed E-state index contributed by atoms with van der Waals surface area (Å²) in [5, 5.41) is 3.22. The molecular weight excluding hydrogens is 210 g/mol. The summed E-state index contributed by atoms with van der Waals surface area (Å²) in [4.78, 5) is 6.39. The molecule has 4 nitrogen and oxygen atoms in total. The van der Waals surface area contributed by atoms with Gasteiger partial charge in [-0.15, -0.1) is 0 Å². The fourth-order valence-corrected chi connectivity index (χ4v) is 2.18. The minimum absolute atomic E-state index is 0.120. The first-order valence-corrected chi connectivity index (χ1v) is 6.61. The lowest BCUT2D eigenvalue weighted by molar-refractivity contribution is 0.536. The van der Waals surface area contributed by atoms with Gasteiger partial charge in [0.25, 0.3) is 0 Å². The molecule has 15 heavy (non-hydrogen) atoms. The van der Waals surface area contributed by atoms with E-state index in [1.54, 1.807) is 0 Å². The maximum absolute atomic E-state index is 11.7. The third kappa shape index (κ3) is 3.81. The van der Waals surface area contributed by atoms with Crippen LogP contribution in [0.2, 0.25) is 0 Å². The maximum atomic E-state index is 11.7. The van der Waals surface area contributed by atoms with Crippen molar-refractivity contribution in [3.63, 3.8) is 0 Å². The first kappa shape index (κ1) is 12.5. The molecule has 0 fully saturated rings. The number of nitrogens with one attached hydrogen (secondary N) is 1. The highest BCUT2D eigenvalue weighted by atomic mass is 32.2. The lowest BCUT2D eigenvalue weighted by Gasteiger charge is -2.19. The summed E-state index contributed by atoms with van der Waals surface area (Å²) in [5.41, 5.74) is 0. The van der Waals surface area contributed by atoms with Gasteiger partial charge in [-0.25, -0.2) is 0 Å². The van der Waals surface area contributed by atoms with Crippen LogP contribution in [0.15, 0.2) is 4.99 Å². The quantitative estimate of drug-likeness (QED) is 0.766. The predicted octanol–water partition coefficient (Wildman–Crippen LogP) is 0.425. The second-order valence-electron chi connectivity index (χ2n) is 4.72. The standard InChI is InChI=1S/C10H21N3OS/c1-10(2,3)15(14)8-6-12-9-11-5-7-13(9)4/h5-8H2,1-4H3,(H,11,12). The van der Waals surface area contributed by atoms with Gasteiger partial charge in [-0.05, 0) is 20.8 Å². The molecule has 5 heteroatoms. The van der Waals surface area contributed by atoms with Crippen LogP contribution in [-0.2, 0) is 10.8 Å². The predicted molar refractivity (Wildman–Crippen MR) is 65.7 cm³/mol. The van der Waals surface area contributed by atoms with Crippen molar-refractivity contribution in [3.05, 3.63) is 0 Å². The molecule has 0 spiro atoms. The van der Waals surface area contributed by atoms with Crippen molar-refractivity contribution < 1.29 is 4.21 Å². The number of guanidine groups is 1. The highest BCUT2D eigenvalue weighted by Gasteiger charge is 2.19. The number of rotatable bonds is 3. The molecule has 0 radical (unpaired) electrons. The van der Waals surface area contributed by atoms with E-state index in [0.717, 1.165) is 25.6 Å². The van der Waals surface area contributed by atoms with E-state index in [2.05, 4.69) is 15.2 Å². The van der Waals surface area contributed by atoms with E-state index in [4.69, 9.17) is 0 Å². The Bertz CT molecular complexity index is 270. The Morgan fingerprint density at radius 1 is 1.53 bits per heavy atom. The van der Waals surface area contributed by atoms with Crippen molar-refractivity contribution in [2.24, 2.45) is 4.99 Å². The summed E-state index contributed by atoms with van der Waals surface area (Å²) < 4.78 is 11.6. The highest BCUT2D eigenvalue weighted by Crippen LogP contribution is 2.10. The molecule has 0 aromatic heterocycles. The Kier molecular flexibility index (Phi) is 4.13. The van der Waals surface area contributed by atoms with Gasteiger partial charge in [0.1, 0.15) is 0 Å². The number of nitrogens with zero attached hydrogens (tertiary/aromatic N) is 2. The van der Waals surface area contributed by atoms with Crippen LogP contribution in [0.25, 0.3) is 0 Å². The highest BCUT2D eigenvalue weighted by molar-refractivity contribution is 7.86. The Hall–Kier alpha value is -0.580. The lowest BCUT2D eigenvalue weighted by Crippen LogP contribution is -2.39. The van der Waals surface area contributed by atoms with Crippen LogP contribution in [0, 0.1) is 0 Å². The summed E-state index contributed by atoms with van der Waals surface area (Å²) in [6, 6.07) is 0. The number of aliphatic imine (C=N–C) groups is 1. The van der Waals surface area contributed by atoms with Crippen molar-refractivity contribution in [1.82, 2.24) is 10.2 Å². The van der Waals surface area contributed by atoms with Crippen molar-refractivity contribution >= 4 is 16.8 Å². The fourth-order valence-electron chi connectivity index (χ4n) is 1.29. The Morgan fingerprint density at radius 2 is 2.20 bits per heavy atom. The van der Waals surface area contributed by atoms with E-state index < -0.39 is 10.8 Å². The fraction of sp³-hybridized carbons (Fsp3) is 0.900. The van der Waals surface area contributed by atoms with Crippen molar-refractivity contribution in [1.29, 1.82) is 0 Å². The molecular formula is C10H21N3OS. The summed E-state index contributed by atoms with van der Waals surface area (Å²) in [5.74, 6) is 1.61. The molecule has 1 N–H and O–H groups in total. The van der Waals surface area contributed by atoms with E-state index >= 15 is 0 Å². The van der Waals surface area contributed by atoms with Gasteiger partial charge in [-0.1, -0.05) is 0 Å². The van der Waals surface area contributed by atoms with E-state index in [0.29, 0.717) is 5.75 Å². The molecule has 0 aromatic carbocycles. The average molecular weight is 231 g/mol. The van der Waals surface area contributed by atoms with Gasteiger partial charge in [0.05, 0.1) is 6.54 Å².